The van der Waals surface area contributed by atoms with Gasteiger partial charge in [-0.2, -0.15) is 0 Å². The van der Waals surface area contributed by atoms with Gasteiger partial charge in [-0.1, -0.05) is 0 Å². The van der Waals surface area contributed by atoms with Gasteiger partial charge in [0.1, 0.15) is 7.26 Å². The Balaban J connectivity index is 2.08. The monoisotopic (exact) mass is 181 g/mol. The lowest BCUT2D eigenvalue weighted by Crippen LogP contribution is -2.43. The highest BCUT2D eigenvalue weighted by molar-refractivity contribution is 7.75. The largest absolute Gasteiger partial charge is 0.492 e. The molecule has 0 aromatic carbocycles. The van der Waals surface area contributed by atoms with E-state index in [1.165, 1.54) is 0 Å². The summed E-state index contributed by atoms with van der Waals surface area (Å²) < 4.78 is 15.8. The van der Waals surface area contributed by atoms with Gasteiger partial charge in [0, 0.05) is 0 Å². The lowest BCUT2D eigenvalue weighted by Gasteiger charge is -2.37. The molecule has 3 aliphatic rings. The van der Waals surface area contributed by atoms with Gasteiger partial charge in [0.2, 0.25) is 0 Å². The normalized spacial score (nSPS) is 45.9. The van der Waals surface area contributed by atoms with E-state index in [0.717, 1.165) is 19.0 Å². The van der Waals surface area contributed by atoms with Crippen LogP contribution in [-0.2, 0) is 13.3 Å². The van der Waals surface area contributed by atoms with E-state index in [1.807, 2.05) is 0 Å². The summed E-state index contributed by atoms with van der Waals surface area (Å²) in [5.41, 5.74) is 0. The fourth-order valence-corrected chi connectivity index (χ4v) is 7.05. The highest BCUT2D eigenvalue weighted by Crippen LogP contribution is 2.62. The van der Waals surface area contributed by atoms with Crippen LogP contribution in [0.2, 0.25) is 0 Å². The first-order valence-corrected chi connectivity index (χ1v) is 7.10. The number of fused-ring (bicyclic) bond motifs is 3. The molecule has 0 atom stereocenters. The lowest BCUT2D eigenvalue weighted by molar-refractivity contribution is 0.0941. The zero-order valence-corrected chi connectivity index (χ0v) is 7.57. The Morgan fingerprint density at radius 1 is 1.20 bits per heavy atom. The van der Waals surface area contributed by atoms with Gasteiger partial charge in [0.25, 0.3) is 0 Å². The summed E-state index contributed by atoms with van der Waals surface area (Å²) in [4.78, 5) is 0. The van der Waals surface area contributed by atoms with Crippen molar-refractivity contribution >= 4 is 16.8 Å². The van der Waals surface area contributed by atoms with Crippen molar-refractivity contribution in [1.82, 2.24) is 0 Å². The van der Waals surface area contributed by atoms with Crippen molar-refractivity contribution in [1.29, 1.82) is 0 Å². The number of aliphatic hydroxyl groups is 1. The summed E-state index contributed by atoms with van der Waals surface area (Å²) >= 11 is 0. The lowest BCUT2D eigenvalue weighted by atomic mass is 11.6. The topological polar surface area (TPSA) is 47.9 Å². The maximum atomic E-state index is 8.99. The molecule has 58 valence electrons. The van der Waals surface area contributed by atoms with Gasteiger partial charge < -0.3 is 18.4 Å². The van der Waals surface area contributed by atoms with E-state index in [4.69, 9.17) is 18.4 Å². The van der Waals surface area contributed by atoms with Crippen LogP contribution < -0.4 is 0 Å². The van der Waals surface area contributed by atoms with Crippen LogP contribution in [-0.4, -0.2) is 40.0 Å². The van der Waals surface area contributed by atoms with Crippen molar-refractivity contribution in [3.63, 3.8) is 0 Å². The molecule has 0 saturated carbocycles. The second-order valence-corrected chi connectivity index (χ2v) is 7.98. The molecule has 0 unspecified atom stereocenters. The Hall–Kier alpha value is 0.487. The maximum Gasteiger partial charge on any atom is 0.492 e. The van der Waals surface area contributed by atoms with Crippen LogP contribution in [0.15, 0.2) is 0 Å². The molecule has 0 aromatic heterocycles. The summed E-state index contributed by atoms with van der Waals surface area (Å²) in [6.07, 6.45) is 2.37. The fourth-order valence-electron chi connectivity index (χ4n) is 1.04. The van der Waals surface area contributed by atoms with Gasteiger partial charge in [0.15, 0.2) is 25.4 Å². The quantitative estimate of drug-likeness (QED) is 0.442. The van der Waals surface area contributed by atoms with E-state index >= 15 is 0 Å². The predicted molar refractivity (Wildman–Crippen MR) is 39.0 cm³/mol. The van der Waals surface area contributed by atoms with Crippen LogP contribution in [0.3, 0.4) is 0 Å². The minimum absolute atomic E-state index is 0.203. The average Bonchev–Trinajstić information content (AvgIpc) is 2.08. The molecule has 0 amide bonds. The Morgan fingerprint density at radius 2 is 1.70 bits per heavy atom. The van der Waals surface area contributed by atoms with Crippen LogP contribution in [0.1, 0.15) is 0 Å². The molecular formula is C4H10O4PSi+. The highest BCUT2D eigenvalue weighted by atomic mass is 31.2. The van der Waals surface area contributed by atoms with Crippen LogP contribution in [0, 0.1) is 0 Å². The van der Waals surface area contributed by atoms with Gasteiger partial charge in [-0.05, 0) is 0 Å². The van der Waals surface area contributed by atoms with E-state index in [1.54, 1.807) is 0 Å². The van der Waals surface area contributed by atoms with E-state index in [2.05, 4.69) is 0 Å². The summed E-state index contributed by atoms with van der Waals surface area (Å²) in [6.45, 7) is 0. The summed E-state index contributed by atoms with van der Waals surface area (Å²) in [5, 5.41) is 8.99. The van der Waals surface area contributed by atoms with Gasteiger partial charge in [-0.3, -0.25) is 0 Å². The molecular weight excluding hydrogens is 171 g/mol. The molecule has 3 heterocycles. The molecule has 2 bridgehead atoms. The smallest absolute Gasteiger partial charge is 0.361 e. The summed E-state index contributed by atoms with van der Waals surface area (Å²) in [7, 11) is -3.04. The molecule has 3 fully saturated rings. The zero-order chi connectivity index (χ0) is 7.03. The van der Waals surface area contributed by atoms with Crippen molar-refractivity contribution in [3.8, 4) is 0 Å². The molecule has 3 saturated heterocycles. The maximum absolute atomic E-state index is 8.99. The van der Waals surface area contributed by atoms with Crippen LogP contribution in [0.4, 0.5) is 0 Å². The number of rotatable bonds is 1. The zero-order valence-electron chi connectivity index (χ0n) is 5.52. The van der Waals surface area contributed by atoms with Crippen molar-refractivity contribution in [2.75, 3.05) is 25.4 Å². The van der Waals surface area contributed by atoms with Crippen LogP contribution >= 0.6 is 7.26 Å². The van der Waals surface area contributed by atoms with Crippen molar-refractivity contribution in [2.45, 2.75) is 0 Å². The second-order valence-electron chi connectivity index (χ2n) is 2.66. The minimum Gasteiger partial charge on any atom is -0.361 e. The van der Waals surface area contributed by atoms with E-state index < -0.39 is 16.8 Å². The first-order valence-electron chi connectivity index (χ1n) is 3.15. The third-order valence-corrected chi connectivity index (χ3v) is 6.60. The standard InChI is InChI=1S/C4H10O4PSi/c5-1-9-2-6-10(7-3-9)8-4-9/h5,10H,1-4H2/q+1. The minimum atomic E-state index is -1.68. The third kappa shape index (κ3) is 1.03. The SMILES string of the molecule is OC[P+]12CO[SiH](OC1)OC2. The molecule has 10 heavy (non-hydrogen) atoms. The van der Waals surface area contributed by atoms with Gasteiger partial charge in [0.05, 0.1) is 0 Å². The molecule has 3 rings (SSSR count). The molecule has 0 spiro atoms. The van der Waals surface area contributed by atoms with E-state index in [-0.39, 0.29) is 6.35 Å². The van der Waals surface area contributed by atoms with Gasteiger partial charge >= 0.3 is 9.53 Å². The van der Waals surface area contributed by atoms with Crippen LogP contribution in [0.25, 0.3) is 0 Å². The van der Waals surface area contributed by atoms with Crippen molar-refractivity contribution in [2.24, 2.45) is 0 Å². The molecule has 4 nitrogen and oxygen atoms in total. The Kier molecular flexibility index (Phi) is 1.80. The van der Waals surface area contributed by atoms with Crippen molar-refractivity contribution < 1.29 is 18.4 Å². The highest BCUT2D eigenvalue weighted by Gasteiger charge is 2.50. The Morgan fingerprint density at radius 3 is 2.00 bits per heavy atom. The first-order chi connectivity index (χ1) is 4.85. The second kappa shape index (κ2) is 2.51. The van der Waals surface area contributed by atoms with E-state index in [9.17, 15) is 0 Å². The Labute approximate surface area is 61.4 Å². The molecule has 0 radical (unpaired) electrons. The van der Waals surface area contributed by atoms with Crippen LogP contribution in [0.5, 0.6) is 0 Å². The number of aliphatic hydroxyl groups excluding tert-OH is 1. The van der Waals surface area contributed by atoms with Gasteiger partial charge in [-0.15, -0.1) is 0 Å². The number of hydrogen-bond donors (Lipinski definition) is 1. The van der Waals surface area contributed by atoms with E-state index in [0.29, 0.717) is 0 Å². The Bertz CT molecular complexity index is 121. The molecule has 0 aliphatic carbocycles. The first kappa shape index (κ1) is 7.15. The number of hydrogen-bond acceptors (Lipinski definition) is 4. The molecule has 3 aliphatic heterocycles. The fraction of sp³-hybridized carbons (Fsp3) is 1.00. The summed E-state index contributed by atoms with van der Waals surface area (Å²) in [6, 6.07) is 0. The summed E-state index contributed by atoms with van der Waals surface area (Å²) in [5.74, 6) is 0. The van der Waals surface area contributed by atoms with Gasteiger partial charge in [-0.25, -0.2) is 0 Å². The van der Waals surface area contributed by atoms with Crippen molar-refractivity contribution in [3.05, 3.63) is 0 Å². The molecule has 1 N–H and O–H groups in total. The average molecular weight is 181 g/mol. The third-order valence-electron chi connectivity index (χ3n) is 1.75. The predicted octanol–water partition coefficient (Wildman–Crippen LogP) is -0.380. The molecule has 6 heteroatoms. The molecule has 0 aromatic rings.